The predicted molar refractivity (Wildman–Crippen MR) is 139 cm³/mol. The zero-order valence-electron chi connectivity index (χ0n) is 19.7. The van der Waals surface area contributed by atoms with E-state index in [9.17, 15) is 9.59 Å². The fraction of sp³-hybridized carbons (Fsp3) is 0.333. The first-order valence-electron chi connectivity index (χ1n) is 12.1. The molecule has 0 saturated carbocycles. The number of piperidine rings is 1. The highest BCUT2D eigenvalue weighted by Crippen LogP contribution is 2.18. The largest absolute Gasteiger partial charge is 0.349 e. The quantitative estimate of drug-likeness (QED) is 0.376. The van der Waals surface area contributed by atoms with Crippen molar-refractivity contribution in [2.75, 3.05) is 11.9 Å². The monoisotopic (exact) mass is 489 g/mol. The molecule has 1 saturated heterocycles. The molecular formula is C27H31N5O2S. The number of aromatic nitrogens is 2. The third-order valence-electron chi connectivity index (χ3n) is 5.92. The van der Waals surface area contributed by atoms with Crippen LogP contribution in [-0.2, 0) is 22.4 Å². The summed E-state index contributed by atoms with van der Waals surface area (Å²) in [6.07, 6.45) is 8.40. The number of hydrogen-bond acceptors (Lipinski definition) is 6. The molecule has 2 unspecified atom stereocenters. The first-order valence-corrected chi connectivity index (χ1v) is 12.9. The molecule has 0 spiro atoms. The summed E-state index contributed by atoms with van der Waals surface area (Å²) in [6.45, 7) is 0.860. The van der Waals surface area contributed by atoms with Crippen molar-refractivity contribution in [2.45, 2.75) is 50.6 Å². The van der Waals surface area contributed by atoms with Gasteiger partial charge in [-0.05, 0) is 43.4 Å². The summed E-state index contributed by atoms with van der Waals surface area (Å²) in [5.74, 6) is -0.301. The maximum absolute atomic E-state index is 12.8. The standard InChI is InChI=1S/C27H31N5O2S/c33-24(30-27-32-31-25(35-27)19-21-11-5-2-6-12-21)17-16-22(15-14-20-9-3-1-4-10-20)29-26(34)23-13-7-8-18-28-23/h1-6,9-12,16-17,22-23,28H,7-8,13-15,18-19H2,(H,29,34)(H,30,32,33). The third kappa shape index (κ3) is 8.12. The number of aryl methyl sites for hydroxylation is 1. The van der Waals surface area contributed by atoms with Crippen molar-refractivity contribution in [2.24, 2.45) is 0 Å². The summed E-state index contributed by atoms with van der Waals surface area (Å²) in [5.41, 5.74) is 2.34. The molecule has 0 aliphatic carbocycles. The number of rotatable bonds is 10. The number of carbonyl (C=O) groups is 2. The molecular weight excluding hydrogens is 458 g/mol. The van der Waals surface area contributed by atoms with Crippen molar-refractivity contribution < 1.29 is 9.59 Å². The molecule has 1 aliphatic heterocycles. The molecule has 3 aromatic rings. The maximum atomic E-state index is 12.8. The van der Waals surface area contributed by atoms with Gasteiger partial charge in [0.05, 0.1) is 6.04 Å². The summed E-state index contributed by atoms with van der Waals surface area (Å²) in [6, 6.07) is 19.7. The van der Waals surface area contributed by atoms with Crippen LogP contribution < -0.4 is 16.0 Å². The number of nitrogens with one attached hydrogen (secondary N) is 3. The Bertz CT molecular complexity index is 1110. The average Bonchev–Trinajstić information content (AvgIpc) is 3.33. The fourth-order valence-electron chi connectivity index (χ4n) is 4.04. The van der Waals surface area contributed by atoms with Crippen molar-refractivity contribution in [3.63, 3.8) is 0 Å². The molecule has 1 fully saturated rings. The van der Waals surface area contributed by atoms with Crippen molar-refractivity contribution in [1.29, 1.82) is 0 Å². The Morgan fingerprint density at radius 3 is 2.49 bits per heavy atom. The van der Waals surface area contributed by atoms with Gasteiger partial charge in [-0.25, -0.2) is 0 Å². The average molecular weight is 490 g/mol. The molecule has 2 amide bonds. The lowest BCUT2D eigenvalue weighted by Crippen LogP contribution is -2.49. The van der Waals surface area contributed by atoms with Gasteiger partial charge < -0.3 is 10.6 Å². The van der Waals surface area contributed by atoms with Gasteiger partial charge in [-0.3, -0.25) is 14.9 Å². The van der Waals surface area contributed by atoms with E-state index < -0.39 is 0 Å². The van der Waals surface area contributed by atoms with Crippen LogP contribution in [0.4, 0.5) is 5.13 Å². The molecule has 0 bridgehead atoms. The number of hydrogen-bond donors (Lipinski definition) is 3. The minimum atomic E-state index is -0.290. The lowest BCUT2D eigenvalue weighted by Gasteiger charge is -2.25. The van der Waals surface area contributed by atoms with Crippen molar-refractivity contribution in [3.8, 4) is 0 Å². The fourth-order valence-corrected chi connectivity index (χ4v) is 4.82. The number of benzene rings is 2. The van der Waals surface area contributed by atoms with Gasteiger partial charge in [-0.15, -0.1) is 10.2 Å². The van der Waals surface area contributed by atoms with E-state index in [4.69, 9.17) is 0 Å². The predicted octanol–water partition coefficient (Wildman–Crippen LogP) is 3.88. The molecule has 8 heteroatoms. The Labute approximate surface area is 210 Å². The van der Waals surface area contributed by atoms with Gasteiger partial charge in [0.1, 0.15) is 5.01 Å². The van der Waals surface area contributed by atoms with E-state index in [-0.39, 0.29) is 23.9 Å². The second-order valence-electron chi connectivity index (χ2n) is 8.65. The molecule has 1 aromatic heterocycles. The number of nitrogens with zero attached hydrogens (tertiary/aromatic N) is 2. The Morgan fingerprint density at radius 2 is 1.77 bits per heavy atom. The molecule has 35 heavy (non-hydrogen) atoms. The first-order chi connectivity index (χ1) is 17.2. The highest BCUT2D eigenvalue weighted by molar-refractivity contribution is 7.15. The lowest BCUT2D eigenvalue weighted by atomic mass is 10.0. The summed E-state index contributed by atoms with van der Waals surface area (Å²) < 4.78 is 0. The van der Waals surface area contributed by atoms with E-state index >= 15 is 0 Å². The van der Waals surface area contributed by atoms with Crippen LogP contribution in [0.3, 0.4) is 0 Å². The second kappa shape index (κ2) is 12.9. The molecule has 182 valence electrons. The molecule has 1 aliphatic rings. The van der Waals surface area contributed by atoms with Crippen LogP contribution in [0.5, 0.6) is 0 Å². The molecule has 7 nitrogen and oxygen atoms in total. The second-order valence-corrected chi connectivity index (χ2v) is 9.72. The van der Waals surface area contributed by atoms with Gasteiger partial charge >= 0.3 is 0 Å². The molecule has 4 rings (SSSR count). The van der Waals surface area contributed by atoms with E-state index in [1.807, 2.05) is 48.5 Å². The van der Waals surface area contributed by atoms with Gasteiger partial charge in [0, 0.05) is 18.5 Å². The number of carbonyl (C=O) groups excluding carboxylic acids is 2. The van der Waals surface area contributed by atoms with Crippen molar-refractivity contribution in [1.82, 2.24) is 20.8 Å². The molecule has 2 aromatic carbocycles. The van der Waals surface area contributed by atoms with E-state index in [1.54, 1.807) is 6.08 Å². The van der Waals surface area contributed by atoms with Crippen LogP contribution in [0.25, 0.3) is 0 Å². The minimum absolute atomic E-state index is 0.0116. The van der Waals surface area contributed by atoms with E-state index in [0.717, 1.165) is 42.8 Å². The highest BCUT2D eigenvalue weighted by Gasteiger charge is 2.22. The molecule has 2 atom stereocenters. The van der Waals surface area contributed by atoms with Gasteiger partial charge in [-0.1, -0.05) is 84.5 Å². The Hall–Kier alpha value is -3.36. The minimum Gasteiger partial charge on any atom is -0.349 e. The topological polar surface area (TPSA) is 96.0 Å². The summed E-state index contributed by atoms with van der Waals surface area (Å²) in [4.78, 5) is 25.3. The molecule has 3 N–H and O–H groups in total. The zero-order valence-corrected chi connectivity index (χ0v) is 20.5. The number of anilines is 1. The van der Waals surface area contributed by atoms with Gasteiger partial charge in [-0.2, -0.15) is 0 Å². The van der Waals surface area contributed by atoms with Gasteiger partial charge in [0.25, 0.3) is 0 Å². The summed E-state index contributed by atoms with van der Waals surface area (Å²) in [5, 5.41) is 18.8. The molecule has 0 radical (unpaired) electrons. The normalized spacial score (nSPS) is 16.6. The SMILES string of the molecule is O=C(C=CC(CCc1ccccc1)NC(=O)C1CCCCN1)Nc1nnc(Cc2ccccc2)s1. The third-order valence-corrected chi connectivity index (χ3v) is 6.76. The van der Waals surface area contributed by atoms with Crippen LogP contribution in [-0.4, -0.2) is 40.6 Å². The smallest absolute Gasteiger partial charge is 0.249 e. The van der Waals surface area contributed by atoms with Crippen molar-refractivity contribution >= 4 is 28.3 Å². The van der Waals surface area contributed by atoms with Crippen LogP contribution in [0.1, 0.15) is 41.8 Å². The molecule has 2 heterocycles. The van der Waals surface area contributed by atoms with Crippen LogP contribution in [0, 0.1) is 0 Å². The first kappa shape index (κ1) is 24.8. The zero-order chi connectivity index (χ0) is 24.3. The van der Waals surface area contributed by atoms with E-state index in [0.29, 0.717) is 18.0 Å². The maximum Gasteiger partial charge on any atom is 0.249 e. The van der Waals surface area contributed by atoms with Crippen molar-refractivity contribution in [3.05, 3.63) is 89.0 Å². The highest BCUT2D eigenvalue weighted by atomic mass is 32.1. The lowest BCUT2D eigenvalue weighted by molar-refractivity contribution is -0.124. The number of amides is 2. The van der Waals surface area contributed by atoms with Gasteiger partial charge in [0.15, 0.2) is 0 Å². The Balaban J connectivity index is 1.34. The van der Waals surface area contributed by atoms with E-state index in [1.165, 1.54) is 23.0 Å². The van der Waals surface area contributed by atoms with E-state index in [2.05, 4.69) is 38.3 Å². The summed E-state index contributed by atoms with van der Waals surface area (Å²) >= 11 is 1.36. The van der Waals surface area contributed by atoms with Crippen LogP contribution >= 0.6 is 11.3 Å². The Morgan fingerprint density at radius 1 is 1.03 bits per heavy atom. The Kier molecular flexibility index (Phi) is 9.14. The summed E-state index contributed by atoms with van der Waals surface area (Å²) in [7, 11) is 0. The van der Waals surface area contributed by atoms with Crippen LogP contribution in [0.15, 0.2) is 72.8 Å². The van der Waals surface area contributed by atoms with Gasteiger partial charge in [0.2, 0.25) is 16.9 Å². The van der Waals surface area contributed by atoms with Crippen LogP contribution in [0.2, 0.25) is 0 Å².